The number of nitrogens with zero attached hydrogens (tertiary/aromatic N) is 2. The van der Waals surface area contributed by atoms with Crippen LogP contribution in [0.3, 0.4) is 0 Å². The third-order valence-electron chi connectivity index (χ3n) is 7.99. The molecule has 0 aliphatic heterocycles. The minimum atomic E-state index is -0.719. The summed E-state index contributed by atoms with van der Waals surface area (Å²) < 4.78 is 17.2. The number of aryl methyl sites for hydroxylation is 1. The molecule has 0 spiro atoms. The van der Waals surface area contributed by atoms with Gasteiger partial charge in [-0.15, -0.1) is 0 Å². The molecule has 47 heavy (non-hydrogen) atoms. The normalized spacial score (nSPS) is 14.1. The molecule has 1 aliphatic carbocycles. The number of anilines is 2. The van der Waals surface area contributed by atoms with Gasteiger partial charge in [0.25, 0.3) is 0 Å². The van der Waals surface area contributed by atoms with Crippen LogP contribution in [0, 0.1) is 0 Å². The minimum Gasteiger partial charge on any atom is -0.493 e. The van der Waals surface area contributed by atoms with Crippen molar-refractivity contribution in [3.63, 3.8) is 0 Å². The second-order valence-corrected chi connectivity index (χ2v) is 12.0. The maximum atomic E-state index is 13.9. The number of ether oxygens (including phenoxy) is 3. The Labute approximate surface area is 277 Å². The van der Waals surface area contributed by atoms with Crippen LogP contribution in [0.5, 0.6) is 17.2 Å². The van der Waals surface area contributed by atoms with Gasteiger partial charge < -0.3 is 30.2 Å². The van der Waals surface area contributed by atoms with Gasteiger partial charge >= 0.3 is 0 Å². The van der Waals surface area contributed by atoms with E-state index < -0.39 is 12.1 Å². The highest BCUT2D eigenvalue weighted by Gasteiger charge is 2.30. The number of fused-ring (bicyclic) bond motifs is 3. The van der Waals surface area contributed by atoms with E-state index in [0.29, 0.717) is 64.9 Å². The molecule has 2 amide bonds. The number of carbonyl (C=O) groups is 2. The van der Waals surface area contributed by atoms with Crippen molar-refractivity contribution in [1.29, 1.82) is 0 Å². The van der Waals surface area contributed by atoms with Gasteiger partial charge in [0.15, 0.2) is 17.3 Å². The summed E-state index contributed by atoms with van der Waals surface area (Å²) in [4.78, 5) is 44.0. The molecule has 0 saturated heterocycles. The summed E-state index contributed by atoms with van der Waals surface area (Å²) in [5.41, 5.74) is 4.29. The van der Waals surface area contributed by atoms with E-state index in [9.17, 15) is 14.4 Å². The third kappa shape index (κ3) is 7.35. The number of methoxy groups -OCH3 is 3. The number of amides is 2. The van der Waals surface area contributed by atoms with Crippen molar-refractivity contribution in [2.75, 3.05) is 44.0 Å². The maximum absolute atomic E-state index is 13.9. The highest BCUT2D eigenvalue weighted by atomic mass is 32.2. The van der Waals surface area contributed by atoms with Crippen LogP contribution < -0.4 is 35.6 Å². The molecule has 2 atom stereocenters. The molecule has 3 aromatic carbocycles. The first kappa shape index (κ1) is 33.3. The van der Waals surface area contributed by atoms with Crippen molar-refractivity contribution < 1.29 is 23.8 Å². The monoisotopic (exact) mass is 658 g/mol. The van der Waals surface area contributed by atoms with Crippen molar-refractivity contribution in [3.8, 4) is 39.8 Å². The zero-order chi connectivity index (χ0) is 33.5. The molecule has 1 heterocycles. The number of hydrogen-bond donors (Lipinski definition) is 4. The van der Waals surface area contributed by atoms with E-state index in [4.69, 9.17) is 14.2 Å². The predicted octanol–water partition coefficient (Wildman–Crippen LogP) is 4.82. The first-order valence-corrected chi connectivity index (χ1v) is 16.5. The summed E-state index contributed by atoms with van der Waals surface area (Å²) in [5.74, 6) is 2.16. The lowest BCUT2D eigenvalue weighted by molar-refractivity contribution is -0.120. The lowest BCUT2D eigenvalue weighted by Crippen LogP contribution is -2.36. The van der Waals surface area contributed by atoms with Gasteiger partial charge in [-0.2, -0.15) is 16.9 Å². The second kappa shape index (κ2) is 15.0. The summed E-state index contributed by atoms with van der Waals surface area (Å²) in [7, 11) is 4.66. The lowest BCUT2D eigenvalue weighted by Gasteiger charge is -2.19. The largest absolute Gasteiger partial charge is 0.493 e. The van der Waals surface area contributed by atoms with Crippen LogP contribution in [-0.4, -0.2) is 66.4 Å². The Morgan fingerprint density at radius 1 is 1.06 bits per heavy atom. The van der Waals surface area contributed by atoms with Crippen molar-refractivity contribution in [2.24, 2.45) is 0 Å². The van der Waals surface area contributed by atoms with Crippen molar-refractivity contribution in [3.05, 3.63) is 76.2 Å². The molecule has 5 rings (SSSR count). The van der Waals surface area contributed by atoms with Crippen molar-refractivity contribution in [2.45, 2.75) is 38.3 Å². The summed E-state index contributed by atoms with van der Waals surface area (Å²) in [6, 6.07) is 13.1. The molecule has 1 aliphatic rings. The summed E-state index contributed by atoms with van der Waals surface area (Å²) in [6.07, 6.45) is 4.97. The Kier molecular flexibility index (Phi) is 10.7. The maximum Gasteiger partial charge on any atom is 0.246 e. The molecule has 0 fully saturated rings. The highest BCUT2D eigenvalue weighted by molar-refractivity contribution is 7.98. The molecule has 4 aromatic rings. The molecule has 0 radical (unpaired) electrons. The molecule has 12 nitrogen and oxygen atoms in total. The van der Waals surface area contributed by atoms with Crippen LogP contribution in [0.4, 0.5) is 11.4 Å². The van der Waals surface area contributed by atoms with Gasteiger partial charge in [-0.3, -0.25) is 19.5 Å². The smallest absolute Gasteiger partial charge is 0.246 e. The fourth-order valence-corrected chi connectivity index (χ4v) is 6.31. The van der Waals surface area contributed by atoms with E-state index >= 15 is 0 Å². The molecule has 246 valence electrons. The SMILES string of the molecule is COc1cc2c(c(OC)c1OC)-c1ccc(N[C@@H](CCSC)C(=O)Nc3cccc(-c4ncn[nH]4)c3)c(=O)cc1[C@@H](NC(C)=O)CC2. The number of benzene rings is 2. The number of thioether (sulfide) groups is 1. The molecule has 0 unspecified atom stereocenters. The van der Waals surface area contributed by atoms with Crippen LogP contribution in [0.2, 0.25) is 0 Å². The van der Waals surface area contributed by atoms with Gasteiger partial charge in [-0.05, 0) is 78.3 Å². The lowest BCUT2D eigenvalue weighted by atomic mass is 9.95. The Bertz CT molecular complexity index is 1820. The number of nitrogens with one attached hydrogen (secondary N) is 4. The number of carbonyl (C=O) groups excluding carboxylic acids is 2. The summed E-state index contributed by atoms with van der Waals surface area (Å²) >= 11 is 1.60. The highest BCUT2D eigenvalue weighted by Crippen LogP contribution is 2.50. The fourth-order valence-electron chi connectivity index (χ4n) is 5.84. The minimum absolute atomic E-state index is 0.215. The topological polar surface area (TPSA) is 157 Å². The molecular weight excluding hydrogens is 620 g/mol. The first-order chi connectivity index (χ1) is 22.8. The number of aromatic amines is 1. The predicted molar refractivity (Wildman–Crippen MR) is 184 cm³/mol. The van der Waals surface area contributed by atoms with Gasteiger partial charge in [0.05, 0.1) is 33.1 Å². The average molecular weight is 659 g/mol. The quantitative estimate of drug-likeness (QED) is 0.166. The van der Waals surface area contributed by atoms with Crippen LogP contribution in [0.1, 0.15) is 36.9 Å². The summed E-state index contributed by atoms with van der Waals surface area (Å²) in [5, 5.41) is 15.9. The van der Waals surface area contributed by atoms with Crippen LogP contribution >= 0.6 is 11.8 Å². The van der Waals surface area contributed by atoms with Gasteiger partial charge in [-0.25, -0.2) is 4.98 Å². The van der Waals surface area contributed by atoms with Crippen LogP contribution in [-0.2, 0) is 16.0 Å². The Balaban J connectivity index is 1.56. The van der Waals surface area contributed by atoms with E-state index in [1.54, 1.807) is 44.2 Å². The molecule has 0 bridgehead atoms. The molecule has 13 heteroatoms. The number of aromatic nitrogens is 3. The van der Waals surface area contributed by atoms with E-state index in [1.165, 1.54) is 26.4 Å². The van der Waals surface area contributed by atoms with E-state index in [0.717, 1.165) is 16.7 Å². The van der Waals surface area contributed by atoms with Gasteiger partial charge in [0.2, 0.25) is 23.0 Å². The zero-order valence-electron chi connectivity index (χ0n) is 26.9. The zero-order valence-corrected chi connectivity index (χ0v) is 27.7. The fraction of sp³-hybridized carbons (Fsp3) is 0.324. The van der Waals surface area contributed by atoms with E-state index in [-0.39, 0.29) is 22.9 Å². The molecule has 0 saturated carbocycles. The Hall–Kier alpha value is -5.04. The molecule has 1 aromatic heterocycles. The number of rotatable bonds is 12. The van der Waals surface area contributed by atoms with Gasteiger partial charge in [-0.1, -0.05) is 18.2 Å². The van der Waals surface area contributed by atoms with E-state index in [1.807, 2.05) is 30.5 Å². The second-order valence-electron chi connectivity index (χ2n) is 11.0. The number of H-pyrrole nitrogens is 1. The molecule has 4 N–H and O–H groups in total. The van der Waals surface area contributed by atoms with Crippen LogP contribution in [0.25, 0.3) is 22.5 Å². The van der Waals surface area contributed by atoms with Crippen LogP contribution in [0.15, 0.2) is 59.7 Å². The van der Waals surface area contributed by atoms with Gasteiger partial charge in [0.1, 0.15) is 12.4 Å². The summed E-state index contributed by atoms with van der Waals surface area (Å²) in [6.45, 7) is 1.45. The van der Waals surface area contributed by atoms with E-state index in [2.05, 4.69) is 31.1 Å². The average Bonchev–Trinajstić information content (AvgIpc) is 3.51. The standard InChI is InChI=1S/C34H38N6O6S/c1-19(41)37-25-11-9-20-16-29(44-2)31(45-3)32(46-4)30(20)23-10-12-26(28(42)17-24(23)25)39-27(13-14-47-5)34(43)38-22-8-6-7-21(15-22)33-35-18-36-40-33/h6-8,10,12,15-18,25,27H,9,11,13-14H2,1-5H3,(H,37,41)(H,38,43)(H,39,42)(H,35,36,40)/t25-,27-/m0/s1. The van der Waals surface area contributed by atoms with Crippen molar-refractivity contribution in [1.82, 2.24) is 20.5 Å². The molecular formula is C34H38N6O6S. The first-order valence-electron chi connectivity index (χ1n) is 15.1. The Morgan fingerprint density at radius 2 is 1.87 bits per heavy atom. The van der Waals surface area contributed by atoms with Crippen molar-refractivity contribution >= 4 is 35.0 Å². The number of hydrogen-bond acceptors (Lipinski definition) is 10. The third-order valence-corrected chi connectivity index (χ3v) is 8.64. The Morgan fingerprint density at radius 3 is 2.55 bits per heavy atom. The van der Waals surface area contributed by atoms with Gasteiger partial charge in [0, 0.05) is 23.7 Å².